The summed E-state index contributed by atoms with van der Waals surface area (Å²) in [5.41, 5.74) is 0. The molecule has 0 amide bonds. The van der Waals surface area contributed by atoms with Gasteiger partial charge >= 0.3 is 5.97 Å². The van der Waals surface area contributed by atoms with Crippen LogP contribution < -0.4 is 0 Å². The molecule has 16 heavy (non-hydrogen) atoms. The van der Waals surface area contributed by atoms with E-state index in [-0.39, 0.29) is 6.42 Å². The van der Waals surface area contributed by atoms with Crippen molar-refractivity contribution in [1.29, 1.82) is 0 Å². The van der Waals surface area contributed by atoms with Gasteiger partial charge in [0, 0.05) is 0 Å². The molecule has 0 heterocycles. The van der Waals surface area contributed by atoms with E-state index in [0.29, 0.717) is 12.8 Å². The van der Waals surface area contributed by atoms with Crippen molar-refractivity contribution in [2.45, 2.75) is 62.4 Å². The number of sulfone groups is 1. The lowest BCUT2D eigenvalue weighted by Gasteiger charge is -2.19. The zero-order chi connectivity index (χ0) is 12.2. The van der Waals surface area contributed by atoms with Crippen molar-refractivity contribution in [2.75, 3.05) is 0 Å². The summed E-state index contributed by atoms with van der Waals surface area (Å²) in [6, 6.07) is 0. The van der Waals surface area contributed by atoms with Gasteiger partial charge in [-0.3, -0.25) is 4.79 Å². The van der Waals surface area contributed by atoms with Crippen molar-refractivity contribution in [3.8, 4) is 0 Å². The van der Waals surface area contributed by atoms with Crippen LogP contribution >= 0.6 is 0 Å². The van der Waals surface area contributed by atoms with Crippen LogP contribution in [0, 0.1) is 0 Å². The molecule has 0 radical (unpaired) electrons. The van der Waals surface area contributed by atoms with Gasteiger partial charge < -0.3 is 5.11 Å². The Morgan fingerprint density at radius 2 is 1.75 bits per heavy atom. The molecule has 1 aliphatic rings. The molecule has 0 bridgehead atoms. The predicted molar refractivity (Wildman–Crippen MR) is 62.1 cm³/mol. The fraction of sp³-hybridized carbons (Fsp3) is 0.909. The molecule has 94 valence electrons. The summed E-state index contributed by atoms with van der Waals surface area (Å²) in [7, 11) is -3.50. The maximum absolute atomic E-state index is 12.1. The van der Waals surface area contributed by atoms with E-state index >= 15 is 0 Å². The standard InChI is InChI=1S/C11H20O4S/c1-2-10(11(12)13)16(14,15)9-7-5-3-4-6-8-9/h9-10H,2-8H2,1H3,(H,12,13). The SMILES string of the molecule is CCC(C(=O)O)S(=O)(=O)C1CCCCCC1. The number of hydrogen-bond donors (Lipinski definition) is 1. The largest absolute Gasteiger partial charge is 0.480 e. The molecular weight excluding hydrogens is 228 g/mol. The lowest BCUT2D eigenvalue weighted by molar-refractivity contribution is -0.136. The molecular formula is C11H20O4S. The van der Waals surface area contributed by atoms with Crippen LogP contribution in [0.15, 0.2) is 0 Å². The van der Waals surface area contributed by atoms with Crippen LogP contribution in [0.5, 0.6) is 0 Å². The van der Waals surface area contributed by atoms with Gasteiger partial charge in [-0.1, -0.05) is 32.6 Å². The summed E-state index contributed by atoms with van der Waals surface area (Å²) < 4.78 is 24.3. The molecule has 0 saturated heterocycles. The highest BCUT2D eigenvalue weighted by Gasteiger charge is 2.37. The molecule has 1 unspecified atom stereocenters. The van der Waals surface area contributed by atoms with E-state index in [0.717, 1.165) is 25.7 Å². The number of carbonyl (C=O) groups is 1. The van der Waals surface area contributed by atoms with Crippen LogP contribution in [-0.2, 0) is 14.6 Å². The quantitative estimate of drug-likeness (QED) is 0.772. The highest BCUT2D eigenvalue weighted by Crippen LogP contribution is 2.26. The summed E-state index contributed by atoms with van der Waals surface area (Å²) in [6.07, 6.45) is 5.36. The molecule has 0 spiro atoms. The monoisotopic (exact) mass is 248 g/mol. The van der Waals surface area contributed by atoms with Gasteiger partial charge in [-0.05, 0) is 19.3 Å². The normalized spacial score (nSPS) is 21.3. The molecule has 4 nitrogen and oxygen atoms in total. The lowest BCUT2D eigenvalue weighted by atomic mass is 10.2. The van der Waals surface area contributed by atoms with Crippen molar-refractivity contribution in [1.82, 2.24) is 0 Å². The van der Waals surface area contributed by atoms with Crippen molar-refractivity contribution in [3.63, 3.8) is 0 Å². The summed E-state index contributed by atoms with van der Waals surface area (Å²) in [5, 5.41) is 7.28. The Hall–Kier alpha value is -0.580. The second-order valence-corrected chi connectivity index (χ2v) is 6.85. The van der Waals surface area contributed by atoms with Gasteiger partial charge in [0.25, 0.3) is 0 Å². The third kappa shape index (κ3) is 2.97. The number of carboxylic acid groups (broad SMARTS) is 1. The highest BCUT2D eigenvalue weighted by molar-refractivity contribution is 7.93. The van der Waals surface area contributed by atoms with Gasteiger partial charge in [0.1, 0.15) is 0 Å². The van der Waals surface area contributed by atoms with Gasteiger partial charge in [0.2, 0.25) is 0 Å². The Morgan fingerprint density at radius 1 is 1.25 bits per heavy atom. The minimum absolute atomic E-state index is 0.161. The third-order valence-electron chi connectivity index (χ3n) is 3.31. The van der Waals surface area contributed by atoms with E-state index in [1.165, 1.54) is 0 Å². The van der Waals surface area contributed by atoms with E-state index < -0.39 is 26.3 Å². The number of carboxylic acids is 1. The Morgan fingerprint density at radius 3 is 2.12 bits per heavy atom. The van der Waals surface area contributed by atoms with Crippen molar-refractivity contribution in [2.24, 2.45) is 0 Å². The summed E-state index contributed by atoms with van der Waals surface area (Å²) in [4.78, 5) is 10.9. The maximum Gasteiger partial charge on any atom is 0.321 e. The summed E-state index contributed by atoms with van der Waals surface area (Å²) >= 11 is 0. The van der Waals surface area contributed by atoms with E-state index in [1.54, 1.807) is 6.92 Å². The highest BCUT2D eigenvalue weighted by atomic mass is 32.2. The van der Waals surface area contributed by atoms with Gasteiger partial charge in [0.15, 0.2) is 15.1 Å². The van der Waals surface area contributed by atoms with Crippen molar-refractivity contribution >= 4 is 15.8 Å². The van der Waals surface area contributed by atoms with Gasteiger partial charge in [-0.2, -0.15) is 0 Å². The summed E-state index contributed by atoms with van der Waals surface area (Å²) in [6.45, 7) is 1.62. The second kappa shape index (κ2) is 5.66. The van der Waals surface area contributed by atoms with Gasteiger partial charge in [-0.15, -0.1) is 0 Å². The average Bonchev–Trinajstić information content (AvgIpc) is 2.45. The molecule has 0 aromatic rings. The minimum atomic E-state index is -3.50. The van der Waals surface area contributed by atoms with E-state index in [2.05, 4.69) is 0 Å². The van der Waals surface area contributed by atoms with Crippen LogP contribution in [0.4, 0.5) is 0 Å². The molecule has 1 saturated carbocycles. The topological polar surface area (TPSA) is 71.4 Å². The first-order valence-electron chi connectivity index (χ1n) is 5.95. The Balaban J connectivity index is 2.85. The lowest BCUT2D eigenvalue weighted by Crippen LogP contribution is -2.37. The third-order valence-corrected chi connectivity index (χ3v) is 6.04. The van der Waals surface area contributed by atoms with Gasteiger partial charge in [-0.25, -0.2) is 8.42 Å². The minimum Gasteiger partial charge on any atom is -0.480 e. The molecule has 1 atom stereocenters. The molecule has 1 N–H and O–H groups in total. The predicted octanol–water partition coefficient (Wildman–Crippen LogP) is 1.99. The molecule has 0 aliphatic heterocycles. The fourth-order valence-electron chi connectivity index (χ4n) is 2.35. The molecule has 1 aliphatic carbocycles. The molecule has 1 rings (SSSR count). The fourth-order valence-corrected chi connectivity index (χ4v) is 4.55. The Bertz CT molecular complexity index is 326. The summed E-state index contributed by atoms with van der Waals surface area (Å²) in [5.74, 6) is -1.20. The first kappa shape index (κ1) is 13.5. The van der Waals surface area contributed by atoms with Gasteiger partial charge in [0.05, 0.1) is 5.25 Å². The van der Waals surface area contributed by atoms with E-state index in [9.17, 15) is 13.2 Å². The zero-order valence-corrected chi connectivity index (χ0v) is 10.5. The molecule has 5 heteroatoms. The Labute approximate surface area is 97.0 Å². The average molecular weight is 248 g/mol. The van der Waals surface area contributed by atoms with E-state index in [1.807, 2.05) is 0 Å². The molecule has 0 aromatic carbocycles. The smallest absolute Gasteiger partial charge is 0.321 e. The van der Waals surface area contributed by atoms with E-state index in [4.69, 9.17) is 5.11 Å². The van der Waals surface area contributed by atoms with Crippen molar-refractivity contribution < 1.29 is 18.3 Å². The first-order valence-corrected chi connectivity index (χ1v) is 7.56. The van der Waals surface area contributed by atoms with Crippen LogP contribution in [0.2, 0.25) is 0 Å². The number of hydrogen-bond acceptors (Lipinski definition) is 3. The van der Waals surface area contributed by atoms with Crippen molar-refractivity contribution in [3.05, 3.63) is 0 Å². The number of rotatable bonds is 4. The van der Waals surface area contributed by atoms with Crippen LogP contribution in [0.25, 0.3) is 0 Å². The van der Waals surface area contributed by atoms with Crippen LogP contribution in [-0.4, -0.2) is 30.0 Å². The Kier molecular flexibility index (Phi) is 4.77. The van der Waals surface area contributed by atoms with Crippen LogP contribution in [0.3, 0.4) is 0 Å². The molecule has 1 fully saturated rings. The maximum atomic E-state index is 12.1. The second-order valence-electron chi connectivity index (χ2n) is 4.44. The van der Waals surface area contributed by atoms with Crippen LogP contribution in [0.1, 0.15) is 51.9 Å². The zero-order valence-electron chi connectivity index (χ0n) is 9.68. The number of aliphatic carboxylic acids is 1. The first-order chi connectivity index (χ1) is 7.50. The molecule has 0 aromatic heterocycles.